The van der Waals surface area contributed by atoms with Gasteiger partial charge in [-0.1, -0.05) is 19.2 Å². The van der Waals surface area contributed by atoms with E-state index in [1.54, 1.807) is 11.3 Å². The molecular formula is C20H28BF2NO5S. The third kappa shape index (κ3) is 5.42. The molecule has 0 amide bonds. The first-order chi connectivity index (χ1) is 13.9. The fraction of sp³-hybridized carbons (Fsp3) is 0.600. The molecule has 30 heavy (non-hydrogen) atoms. The minimum atomic E-state index is -3.56. The molecule has 10 heteroatoms. The average molecular weight is 443 g/mol. The summed E-state index contributed by atoms with van der Waals surface area (Å²) >= 11 is 1.79. The Morgan fingerprint density at radius 3 is 2.00 bits per heavy atom. The number of nitrogens with zero attached hydrogens (tertiary/aromatic N) is 1. The molecule has 0 radical (unpaired) electrons. The molecule has 0 unspecified atom stereocenters. The Kier molecular flexibility index (Phi) is 6.64. The molecule has 0 aromatic carbocycles. The van der Waals surface area contributed by atoms with E-state index in [-0.39, 0.29) is 29.8 Å². The van der Waals surface area contributed by atoms with Gasteiger partial charge >= 0.3 is 13.4 Å². The Morgan fingerprint density at radius 1 is 1.00 bits per heavy atom. The van der Waals surface area contributed by atoms with Gasteiger partial charge < -0.3 is 23.5 Å². The van der Waals surface area contributed by atoms with Gasteiger partial charge in [0, 0.05) is 29.3 Å². The van der Waals surface area contributed by atoms with Gasteiger partial charge in [-0.05, 0) is 33.8 Å². The van der Waals surface area contributed by atoms with Crippen LogP contribution in [0.25, 0.3) is 0 Å². The third-order valence-electron chi connectivity index (χ3n) is 5.45. The van der Waals surface area contributed by atoms with E-state index in [0.717, 1.165) is 37.6 Å². The summed E-state index contributed by atoms with van der Waals surface area (Å²) in [4.78, 5) is 3.80. The van der Waals surface area contributed by atoms with Crippen LogP contribution in [0.1, 0.15) is 32.6 Å². The zero-order chi connectivity index (χ0) is 22.2. The molecule has 0 N–H and O–H groups in total. The van der Waals surface area contributed by atoms with E-state index in [1.165, 1.54) is 4.88 Å². The first-order valence-electron chi connectivity index (χ1n) is 9.77. The summed E-state index contributed by atoms with van der Waals surface area (Å²) in [6.45, 7) is 19.3. The molecule has 6 nitrogen and oxygen atoms in total. The predicted octanol–water partition coefficient (Wildman–Crippen LogP) is 3.49. The van der Waals surface area contributed by atoms with Crippen LogP contribution in [0.2, 0.25) is 0 Å². The standard InChI is InChI=1S/C15H24BNO3S.C5H4F2O2/c1-14(2)15(3,4)20-16(19-14)13-6-5-12(21-13)11-17-7-9-18-10-8-17;1-3-4(2)9-5(6,7)8-3/h5-6H,7-11H2,1-4H3;1-2H2. The fourth-order valence-electron chi connectivity index (χ4n) is 2.97. The number of ether oxygens (including phenoxy) is 3. The van der Waals surface area contributed by atoms with Crippen molar-refractivity contribution in [2.75, 3.05) is 26.3 Å². The Hall–Kier alpha value is -1.46. The van der Waals surface area contributed by atoms with Crippen molar-refractivity contribution in [1.82, 2.24) is 4.90 Å². The normalized spacial score (nSPS) is 24.8. The van der Waals surface area contributed by atoms with E-state index in [1.807, 2.05) is 0 Å². The van der Waals surface area contributed by atoms with Crippen molar-refractivity contribution in [3.05, 3.63) is 41.7 Å². The van der Waals surface area contributed by atoms with E-state index in [9.17, 15) is 8.78 Å². The molecule has 3 aliphatic rings. The van der Waals surface area contributed by atoms with Crippen LogP contribution in [0.15, 0.2) is 36.8 Å². The van der Waals surface area contributed by atoms with Gasteiger partial charge in [0.05, 0.1) is 24.4 Å². The number of hydrogen-bond donors (Lipinski definition) is 0. The van der Waals surface area contributed by atoms with Crippen molar-refractivity contribution in [2.45, 2.75) is 51.7 Å². The third-order valence-corrected chi connectivity index (χ3v) is 6.54. The highest BCUT2D eigenvalue weighted by Crippen LogP contribution is 2.37. The van der Waals surface area contributed by atoms with Crippen LogP contribution in [-0.2, 0) is 30.1 Å². The fourth-order valence-corrected chi connectivity index (χ4v) is 3.98. The minimum absolute atomic E-state index is 0.222. The summed E-state index contributed by atoms with van der Waals surface area (Å²) in [5.74, 6) is -0.444. The smallest absolute Gasteiger partial charge is 0.399 e. The predicted molar refractivity (Wildman–Crippen MR) is 112 cm³/mol. The van der Waals surface area contributed by atoms with Gasteiger partial charge in [-0.2, -0.15) is 0 Å². The zero-order valence-corrected chi connectivity index (χ0v) is 18.7. The molecule has 3 saturated heterocycles. The maximum absolute atomic E-state index is 11.9. The Balaban J connectivity index is 0.000000239. The highest BCUT2D eigenvalue weighted by atomic mass is 32.1. The van der Waals surface area contributed by atoms with Crippen molar-refractivity contribution in [2.24, 2.45) is 0 Å². The molecule has 0 aliphatic carbocycles. The Morgan fingerprint density at radius 2 is 1.53 bits per heavy atom. The summed E-state index contributed by atoms with van der Waals surface area (Å²) in [6, 6.07) is 4.34. The second-order valence-corrected chi connectivity index (χ2v) is 9.49. The van der Waals surface area contributed by atoms with Crippen molar-refractivity contribution >= 4 is 23.2 Å². The lowest BCUT2D eigenvalue weighted by atomic mass is 9.88. The van der Waals surface area contributed by atoms with E-state index in [4.69, 9.17) is 14.0 Å². The van der Waals surface area contributed by atoms with Crippen LogP contribution >= 0.6 is 11.3 Å². The second-order valence-electron chi connectivity index (χ2n) is 8.29. The SMILES string of the molecule is C=C1OC(F)(F)OC1=C.CC1(C)OB(c2ccc(CN3CCOCC3)s2)OC1(C)C. The minimum Gasteiger partial charge on any atom is -0.399 e. The molecular weight excluding hydrogens is 415 g/mol. The molecule has 3 aliphatic heterocycles. The molecule has 3 fully saturated rings. The maximum atomic E-state index is 11.9. The van der Waals surface area contributed by atoms with Gasteiger partial charge in [-0.25, -0.2) is 0 Å². The van der Waals surface area contributed by atoms with Gasteiger partial charge in [0.2, 0.25) is 0 Å². The number of hydrogen-bond acceptors (Lipinski definition) is 7. The van der Waals surface area contributed by atoms with Gasteiger partial charge in [0.15, 0.2) is 11.5 Å². The molecule has 4 rings (SSSR count). The van der Waals surface area contributed by atoms with Gasteiger partial charge in [-0.15, -0.1) is 20.1 Å². The number of rotatable bonds is 3. The number of thiophene rings is 1. The molecule has 1 aromatic heterocycles. The number of halogens is 2. The highest BCUT2D eigenvalue weighted by molar-refractivity contribution is 7.22. The largest absolute Gasteiger partial charge is 0.586 e. The molecule has 4 heterocycles. The van der Waals surface area contributed by atoms with E-state index in [0.29, 0.717) is 0 Å². The first kappa shape index (κ1) is 23.2. The molecule has 0 saturated carbocycles. The van der Waals surface area contributed by atoms with E-state index >= 15 is 0 Å². The van der Waals surface area contributed by atoms with Crippen molar-refractivity contribution in [3.8, 4) is 0 Å². The lowest BCUT2D eigenvalue weighted by molar-refractivity contribution is -0.326. The Labute approximate surface area is 180 Å². The quantitative estimate of drug-likeness (QED) is 0.667. The zero-order valence-electron chi connectivity index (χ0n) is 17.8. The van der Waals surface area contributed by atoms with Gasteiger partial charge in [-0.3, -0.25) is 4.90 Å². The van der Waals surface area contributed by atoms with Gasteiger partial charge in [0.1, 0.15) is 0 Å². The summed E-state index contributed by atoms with van der Waals surface area (Å²) in [7, 11) is -0.238. The Bertz CT molecular complexity index is 758. The van der Waals surface area contributed by atoms with Crippen LogP contribution < -0.4 is 4.78 Å². The topological polar surface area (TPSA) is 49.4 Å². The van der Waals surface area contributed by atoms with Crippen molar-refractivity contribution < 1.29 is 32.3 Å². The van der Waals surface area contributed by atoms with Crippen LogP contribution in [0, 0.1) is 0 Å². The van der Waals surface area contributed by atoms with Crippen LogP contribution in [0.3, 0.4) is 0 Å². The van der Waals surface area contributed by atoms with Crippen LogP contribution in [0.4, 0.5) is 8.78 Å². The van der Waals surface area contributed by atoms with Gasteiger partial charge in [0.25, 0.3) is 0 Å². The summed E-state index contributed by atoms with van der Waals surface area (Å²) in [5, 5.41) is 0. The lowest BCUT2D eigenvalue weighted by Crippen LogP contribution is -2.41. The molecule has 0 spiro atoms. The average Bonchev–Trinajstić information content (AvgIpc) is 3.24. The second kappa shape index (κ2) is 8.59. The highest BCUT2D eigenvalue weighted by Gasteiger charge is 2.52. The molecule has 166 valence electrons. The first-order valence-corrected chi connectivity index (χ1v) is 10.6. The van der Waals surface area contributed by atoms with Crippen LogP contribution in [-0.4, -0.2) is 55.8 Å². The molecule has 1 aromatic rings. The summed E-state index contributed by atoms with van der Waals surface area (Å²) < 4.78 is 50.2. The van der Waals surface area contributed by atoms with Crippen molar-refractivity contribution in [3.63, 3.8) is 0 Å². The monoisotopic (exact) mass is 443 g/mol. The van der Waals surface area contributed by atoms with Crippen molar-refractivity contribution in [1.29, 1.82) is 0 Å². The summed E-state index contributed by atoms with van der Waals surface area (Å²) in [5.41, 5.74) is -0.544. The lowest BCUT2D eigenvalue weighted by Gasteiger charge is -2.32. The number of morpholine rings is 1. The van der Waals surface area contributed by atoms with E-state index < -0.39 is 6.29 Å². The molecule has 0 atom stereocenters. The maximum Gasteiger partial charge on any atom is 0.586 e. The van der Waals surface area contributed by atoms with Crippen LogP contribution in [0.5, 0.6) is 0 Å². The number of alkyl halides is 2. The molecule has 0 bridgehead atoms. The summed E-state index contributed by atoms with van der Waals surface area (Å²) in [6.07, 6.45) is -3.56. The van der Waals surface area contributed by atoms with E-state index in [2.05, 4.69) is 67.4 Å².